The van der Waals surface area contributed by atoms with Crippen LogP contribution in [0.25, 0.3) is 0 Å². The number of carbonyl (C=O) groups is 1. The number of rotatable bonds is 8. The van der Waals surface area contributed by atoms with Gasteiger partial charge < -0.3 is 10.6 Å². The van der Waals surface area contributed by atoms with Crippen LogP contribution in [0.5, 0.6) is 0 Å². The number of carbonyl (C=O) groups excluding carboxylic acids is 1. The summed E-state index contributed by atoms with van der Waals surface area (Å²) < 4.78 is 36.7. The van der Waals surface area contributed by atoms with E-state index in [-0.39, 0.29) is 18.6 Å². The van der Waals surface area contributed by atoms with Crippen LogP contribution in [0.1, 0.15) is 30.4 Å². The Kier molecular flexibility index (Phi) is 8.57. The Morgan fingerprint density at radius 3 is 2.57 bits per heavy atom. The Morgan fingerprint density at radius 2 is 1.93 bits per heavy atom. The van der Waals surface area contributed by atoms with Gasteiger partial charge in [-0.05, 0) is 50.9 Å². The summed E-state index contributed by atoms with van der Waals surface area (Å²) in [5, 5.41) is 5.71. The Bertz CT molecular complexity index is 616. The molecule has 28 heavy (non-hydrogen) atoms. The lowest BCUT2D eigenvalue weighted by Gasteiger charge is -2.32. The van der Waals surface area contributed by atoms with Crippen LogP contribution in [0.3, 0.4) is 0 Å². The molecule has 1 aliphatic rings. The normalized spacial score (nSPS) is 16.4. The van der Waals surface area contributed by atoms with E-state index >= 15 is 0 Å². The number of halogens is 3. The number of hydrogen-bond donors (Lipinski definition) is 2. The topological polar surface area (TPSA) is 47.6 Å². The molecule has 1 aliphatic heterocycles. The van der Waals surface area contributed by atoms with Gasteiger partial charge in [0, 0.05) is 32.2 Å². The van der Waals surface area contributed by atoms with Gasteiger partial charge in [-0.15, -0.1) is 0 Å². The first-order valence-corrected chi connectivity index (χ1v) is 9.79. The summed E-state index contributed by atoms with van der Waals surface area (Å²) in [6, 6.07) is 8.27. The number of nitrogens with one attached hydrogen (secondary N) is 2. The van der Waals surface area contributed by atoms with Crippen molar-refractivity contribution in [1.82, 2.24) is 20.4 Å². The van der Waals surface area contributed by atoms with Gasteiger partial charge in [0.15, 0.2) is 0 Å². The summed E-state index contributed by atoms with van der Waals surface area (Å²) >= 11 is 0. The van der Waals surface area contributed by atoms with Gasteiger partial charge in [-0.25, -0.2) is 4.79 Å². The molecular weight excluding hydrogens is 369 g/mol. The molecule has 158 valence electrons. The minimum Gasteiger partial charge on any atom is -0.338 e. The van der Waals surface area contributed by atoms with Crippen molar-refractivity contribution in [3.63, 3.8) is 0 Å². The molecule has 0 unspecified atom stereocenters. The molecule has 0 aromatic heterocycles. The van der Waals surface area contributed by atoms with Gasteiger partial charge >= 0.3 is 12.2 Å². The lowest BCUT2D eigenvalue weighted by atomic mass is 10.0. The maximum absolute atomic E-state index is 12.2. The number of amides is 2. The third-order valence-electron chi connectivity index (χ3n) is 5.03. The minimum atomic E-state index is -4.19. The van der Waals surface area contributed by atoms with Crippen LogP contribution in [0.15, 0.2) is 24.3 Å². The Labute approximate surface area is 165 Å². The predicted octanol–water partition coefficient (Wildman–Crippen LogP) is 3.14. The molecule has 1 fully saturated rings. The van der Waals surface area contributed by atoms with Gasteiger partial charge in [0.2, 0.25) is 0 Å². The second-order valence-corrected chi connectivity index (χ2v) is 7.58. The highest BCUT2D eigenvalue weighted by molar-refractivity contribution is 5.74. The molecule has 0 aliphatic carbocycles. The number of benzene rings is 1. The molecule has 2 N–H and O–H groups in total. The van der Waals surface area contributed by atoms with E-state index in [0.717, 1.165) is 32.5 Å². The lowest BCUT2D eigenvalue weighted by molar-refractivity contribution is -0.143. The second kappa shape index (κ2) is 10.7. The van der Waals surface area contributed by atoms with Gasteiger partial charge in [-0.2, -0.15) is 13.2 Å². The fourth-order valence-electron chi connectivity index (χ4n) is 3.44. The number of alkyl halides is 3. The first-order valence-electron chi connectivity index (χ1n) is 9.79. The SMILES string of the molecule is Cc1ccccc1CN1CCC(NC(=O)NCCCN(C)CC(F)(F)F)CC1. The molecule has 1 aromatic carbocycles. The predicted molar refractivity (Wildman–Crippen MR) is 104 cm³/mol. The molecule has 0 spiro atoms. The number of piperidine rings is 1. The van der Waals surface area contributed by atoms with Crippen molar-refractivity contribution in [1.29, 1.82) is 0 Å². The summed E-state index contributed by atoms with van der Waals surface area (Å²) in [6.07, 6.45) is -1.91. The highest BCUT2D eigenvalue weighted by Crippen LogP contribution is 2.16. The van der Waals surface area contributed by atoms with Crippen LogP contribution >= 0.6 is 0 Å². The van der Waals surface area contributed by atoms with Crippen molar-refractivity contribution in [2.45, 2.75) is 44.9 Å². The minimum absolute atomic E-state index is 0.140. The number of likely N-dealkylation sites (tertiary alicyclic amines) is 1. The standard InChI is InChI=1S/C20H31F3N4O/c1-16-6-3-4-7-17(16)14-27-12-8-18(9-13-27)25-19(28)24-10-5-11-26(2)15-20(21,22)23/h3-4,6-7,18H,5,8-15H2,1-2H3,(H2,24,25,28). The highest BCUT2D eigenvalue weighted by atomic mass is 19.4. The molecule has 2 rings (SSSR count). The molecule has 8 heteroatoms. The zero-order valence-electron chi connectivity index (χ0n) is 16.7. The van der Waals surface area contributed by atoms with Gasteiger partial charge in [0.25, 0.3) is 0 Å². The van der Waals surface area contributed by atoms with Gasteiger partial charge in [0.1, 0.15) is 0 Å². The lowest BCUT2D eigenvalue weighted by Crippen LogP contribution is -2.48. The van der Waals surface area contributed by atoms with Crippen LogP contribution in [0.2, 0.25) is 0 Å². The van der Waals surface area contributed by atoms with Crippen molar-refractivity contribution in [3.8, 4) is 0 Å². The average molecular weight is 400 g/mol. The number of urea groups is 1. The summed E-state index contributed by atoms with van der Waals surface area (Å²) in [7, 11) is 1.43. The van der Waals surface area contributed by atoms with E-state index in [9.17, 15) is 18.0 Å². The fourth-order valence-corrected chi connectivity index (χ4v) is 3.44. The summed E-state index contributed by atoms with van der Waals surface area (Å²) in [5.74, 6) is 0. The number of nitrogens with zero attached hydrogens (tertiary/aromatic N) is 2. The molecule has 0 saturated carbocycles. The van der Waals surface area contributed by atoms with Crippen molar-refractivity contribution in [2.24, 2.45) is 0 Å². The zero-order chi connectivity index (χ0) is 20.6. The number of aryl methyl sites for hydroxylation is 1. The van der Waals surface area contributed by atoms with Crippen molar-refractivity contribution in [2.75, 3.05) is 39.8 Å². The Hall–Kier alpha value is -1.80. The van der Waals surface area contributed by atoms with Gasteiger partial charge in [0.05, 0.1) is 6.54 Å². The van der Waals surface area contributed by atoms with Gasteiger partial charge in [-0.1, -0.05) is 24.3 Å². The van der Waals surface area contributed by atoms with Crippen LogP contribution in [0.4, 0.5) is 18.0 Å². The molecule has 5 nitrogen and oxygen atoms in total. The smallest absolute Gasteiger partial charge is 0.338 e. The summed E-state index contributed by atoms with van der Waals surface area (Å²) in [4.78, 5) is 15.6. The monoisotopic (exact) mass is 400 g/mol. The molecule has 1 aromatic rings. The molecule has 0 radical (unpaired) electrons. The zero-order valence-corrected chi connectivity index (χ0v) is 16.7. The van der Waals surface area contributed by atoms with Crippen LogP contribution < -0.4 is 10.6 Å². The number of hydrogen-bond acceptors (Lipinski definition) is 3. The second-order valence-electron chi connectivity index (χ2n) is 7.58. The average Bonchev–Trinajstić information content (AvgIpc) is 2.61. The summed E-state index contributed by atoms with van der Waals surface area (Å²) in [5.41, 5.74) is 2.63. The fraction of sp³-hybridized carbons (Fsp3) is 0.650. The quantitative estimate of drug-likeness (QED) is 0.659. The van der Waals surface area contributed by atoms with Crippen LogP contribution in [0, 0.1) is 6.92 Å². The van der Waals surface area contributed by atoms with Crippen molar-refractivity contribution >= 4 is 6.03 Å². The Balaban J connectivity index is 1.58. The van der Waals surface area contributed by atoms with E-state index in [4.69, 9.17) is 0 Å². The van der Waals surface area contributed by atoms with E-state index in [2.05, 4.69) is 40.7 Å². The maximum Gasteiger partial charge on any atom is 0.401 e. The molecule has 2 amide bonds. The maximum atomic E-state index is 12.2. The molecule has 1 saturated heterocycles. The third kappa shape index (κ3) is 8.48. The molecule has 0 bridgehead atoms. The first-order chi connectivity index (χ1) is 13.2. The van der Waals surface area contributed by atoms with Crippen LogP contribution in [-0.2, 0) is 6.54 Å². The molecule has 1 heterocycles. The van der Waals surface area contributed by atoms with Crippen LogP contribution in [-0.4, -0.2) is 67.8 Å². The van der Waals surface area contributed by atoms with E-state index in [1.807, 2.05) is 6.07 Å². The van der Waals surface area contributed by atoms with E-state index < -0.39 is 12.7 Å². The van der Waals surface area contributed by atoms with Crippen molar-refractivity contribution in [3.05, 3.63) is 35.4 Å². The van der Waals surface area contributed by atoms with E-state index in [0.29, 0.717) is 13.0 Å². The highest BCUT2D eigenvalue weighted by Gasteiger charge is 2.28. The van der Waals surface area contributed by atoms with Crippen molar-refractivity contribution < 1.29 is 18.0 Å². The van der Waals surface area contributed by atoms with Gasteiger partial charge in [-0.3, -0.25) is 9.80 Å². The van der Waals surface area contributed by atoms with E-state index in [1.54, 1.807) is 0 Å². The summed E-state index contributed by atoms with van der Waals surface area (Å²) in [6.45, 7) is 4.63. The third-order valence-corrected chi connectivity index (χ3v) is 5.03. The first kappa shape index (κ1) is 22.5. The largest absolute Gasteiger partial charge is 0.401 e. The Morgan fingerprint density at radius 1 is 1.25 bits per heavy atom. The van der Waals surface area contributed by atoms with E-state index in [1.165, 1.54) is 23.1 Å². The molecular formula is C20H31F3N4O. The molecule has 0 atom stereocenters.